The van der Waals surface area contributed by atoms with E-state index < -0.39 is 18.4 Å². The standard InChI is InChI=1S/C8H15F2N3O/c1-2-13(6-3-4-6)5-8(9,10)7(14)12-11/h6H,2-5,11H2,1H3,(H,12,14). The Balaban J connectivity index is 2.50. The third kappa shape index (κ3) is 2.62. The van der Waals surface area contributed by atoms with Crippen molar-refractivity contribution >= 4 is 5.91 Å². The van der Waals surface area contributed by atoms with Crippen LogP contribution >= 0.6 is 0 Å². The highest BCUT2D eigenvalue weighted by molar-refractivity contribution is 5.83. The van der Waals surface area contributed by atoms with Gasteiger partial charge in [-0.2, -0.15) is 8.78 Å². The van der Waals surface area contributed by atoms with Crippen molar-refractivity contribution in [3.8, 4) is 0 Å². The number of hydrogen-bond donors (Lipinski definition) is 2. The summed E-state index contributed by atoms with van der Waals surface area (Å²) in [6, 6.07) is 0.219. The molecule has 1 saturated carbocycles. The van der Waals surface area contributed by atoms with E-state index in [1.54, 1.807) is 11.8 Å². The van der Waals surface area contributed by atoms with E-state index >= 15 is 0 Å². The predicted molar refractivity (Wildman–Crippen MR) is 47.5 cm³/mol. The third-order valence-electron chi connectivity index (χ3n) is 2.33. The second-order valence-corrected chi connectivity index (χ2v) is 3.47. The molecule has 3 N–H and O–H groups in total. The number of halogens is 2. The zero-order valence-corrected chi connectivity index (χ0v) is 8.09. The van der Waals surface area contributed by atoms with Gasteiger partial charge in [-0.1, -0.05) is 6.92 Å². The van der Waals surface area contributed by atoms with Crippen LogP contribution in [-0.2, 0) is 4.79 Å². The van der Waals surface area contributed by atoms with E-state index in [0.29, 0.717) is 6.54 Å². The number of nitrogens with zero attached hydrogens (tertiary/aromatic N) is 1. The van der Waals surface area contributed by atoms with Gasteiger partial charge in [0.15, 0.2) is 0 Å². The van der Waals surface area contributed by atoms with Gasteiger partial charge in [-0.15, -0.1) is 0 Å². The Bertz CT molecular complexity index is 219. The van der Waals surface area contributed by atoms with Gasteiger partial charge in [0.05, 0.1) is 6.54 Å². The normalized spacial score (nSPS) is 17.2. The molecule has 4 nitrogen and oxygen atoms in total. The van der Waals surface area contributed by atoms with Crippen molar-refractivity contribution in [2.45, 2.75) is 31.7 Å². The number of alkyl halides is 2. The van der Waals surface area contributed by atoms with Gasteiger partial charge in [-0.3, -0.25) is 15.1 Å². The summed E-state index contributed by atoms with van der Waals surface area (Å²) in [4.78, 5) is 12.3. The summed E-state index contributed by atoms with van der Waals surface area (Å²) in [5.41, 5.74) is 1.48. The highest BCUT2D eigenvalue weighted by Crippen LogP contribution is 2.29. The third-order valence-corrected chi connectivity index (χ3v) is 2.33. The zero-order valence-electron chi connectivity index (χ0n) is 8.09. The van der Waals surface area contributed by atoms with E-state index in [1.165, 1.54) is 5.43 Å². The fraction of sp³-hybridized carbons (Fsp3) is 0.875. The fourth-order valence-corrected chi connectivity index (χ4v) is 1.37. The van der Waals surface area contributed by atoms with E-state index in [-0.39, 0.29) is 6.04 Å². The molecule has 0 radical (unpaired) electrons. The quantitative estimate of drug-likeness (QED) is 0.382. The molecule has 0 atom stereocenters. The summed E-state index contributed by atoms with van der Waals surface area (Å²) in [5.74, 6) is -0.146. The van der Waals surface area contributed by atoms with E-state index in [1.807, 2.05) is 0 Å². The summed E-state index contributed by atoms with van der Waals surface area (Å²) >= 11 is 0. The lowest BCUT2D eigenvalue weighted by atomic mass is 10.3. The van der Waals surface area contributed by atoms with Crippen LogP contribution in [0.3, 0.4) is 0 Å². The second-order valence-electron chi connectivity index (χ2n) is 3.47. The lowest BCUT2D eigenvalue weighted by molar-refractivity contribution is -0.148. The Hall–Kier alpha value is -0.750. The van der Waals surface area contributed by atoms with Crippen molar-refractivity contribution in [1.29, 1.82) is 0 Å². The Morgan fingerprint density at radius 2 is 2.21 bits per heavy atom. The van der Waals surface area contributed by atoms with Crippen LogP contribution in [-0.4, -0.2) is 35.9 Å². The molecule has 14 heavy (non-hydrogen) atoms. The maximum atomic E-state index is 13.1. The molecule has 1 rings (SSSR count). The first kappa shape index (κ1) is 11.3. The largest absolute Gasteiger partial charge is 0.338 e. The first-order valence-corrected chi connectivity index (χ1v) is 4.64. The molecule has 6 heteroatoms. The van der Waals surface area contributed by atoms with Crippen LogP contribution in [0.25, 0.3) is 0 Å². The van der Waals surface area contributed by atoms with Gasteiger partial charge in [0.25, 0.3) is 0 Å². The lowest BCUT2D eigenvalue weighted by Gasteiger charge is -2.24. The highest BCUT2D eigenvalue weighted by Gasteiger charge is 2.43. The molecule has 0 unspecified atom stereocenters. The van der Waals surface area contributed by atoms with E-state index in [2.05, 4.69) is 5.84 Å². The molecule has 0 aliphatic heterocycles. The van der Waals surface area contributed by atoms with Crippen LogP contribution < -0.4 is 11.3 Å². The molecule has 0 bridgehead atoms. The van der Waals surface area contributed by atoms with Crippen LogP contribution in [0.5, 0.6) is 0 Å². The average molecular weight is 207 g/mol. The minimum atomic E-state index is -3.40. The van der Waals surface area contributed by atoms with Crippen molar-refractivity contribution in [3.63, 3.8) is 0 Å². The van der Waals surface area contributed by atoms with Gasteiger partial charge in [0.2, 0.25) is 0 Å². The molecule has 0 aromatic rings. The van der Waals surface area contributed by atoms with Crippen molar-refractivity contribution in [1.82, 2.24) is 10.3 Å². The highest BCUT2D eigenvalue weighted by atomic mass is 19.3. The molecule has 1 amide bonds. The monoisotopic (exact) mass is 207 g/mol. The number of amides is 1. The number of hydrogen-bond acceptors (Lipinski definition) is 3. The van der Waals surface area contributed by atoms with E-state index in [4.69, 9.17) is 0 Å². The van der Waals surface area contributed by atoms with Gasteiger partial charge in [0, 0.05) is 6.04 Å². The molecule has 0 spiro atoms. The summed E-state index contributed by atoms with van der Waals surface area (Å²) in [6.45, 7) is 1.78. The zero-order chi connectivity index (χ0) is 10.8. The summed E-state index contributed by atoms with van der Waals surface area (Å²) in [5, 5.41) is 0. The van der Waals surface area contributed by atoms with Gasteiger partial charge in [0.1, 0.15) is 0 Å². The van der Waals surface area contributed by atoms with Gasteiger partial charge in [-0.25, -0.2) is 5.84 Å². The van der Waals surface area contributed by atoms with Gasteiger partial charge in [-0.05, 0) is 19.4 Å². The molecular weight excluding hydrogens is 192 g/mol. The number of rotatable bonds is 5. The number of nitrogens with one attached hydrogen (secondary N) is 1. The maximum Gasteiger partial charge on any atom is 0.338 e. The molecule has 0 saturated heterocycles. The van der Waals surface area contributed by atoms with Crippen molar-refractivity contribution in [2.24, 2.45) is 5.84 Å². The van der Waals surface area contributed by atoms with Crippen LogP contribution in [0.1, 0.15) is 19.8 Å². The van der Waals surface area contributed by atoms with Crippen molar-refractivity contribution in [3.05, 3.63) is 0 Å². The number of nitrogens with two attached hydrogens (primary N) is 1. The minimum Gasteiger partial charge on any atom is -0.294 e. The Labute approximate surface area is 81.4 Å². The predicted octanol–water partition coefficient (Wildman–Crippen LogP) is 0.0959. The van der Waals surface area contributed by atoms with Crippen LogP contribution in [0.2, 0.25) is 0 Å². The SMILES string of the molecule is CCN(CC(F)(F)C(=O)NN)C1CC1. The molecule has 0 aromatic carbocycles. The molecule has 1 aliphatic carbocycles. The average Bonchev–Trinajstić information content (AvgIpc) is 2.96. The smallest absolute Gasteiger partial charge is 0.294 e. The van der Waals surface area contributed by atoms with E-state index in [9.17, 15) is 13.6 Å². The summed E-state index contributed by atoms with van der Waals surface area (Å²) in [7, 11) is 0. The maximum absolute atomic E-state index is 13.1. The molecule has 82 valence electrons. The number of carbonyl (C=O) groups is 1. The Morgan fingerprint density at radius 1 is 1.64 bits per heavy atom. The summed E-state index contributed by atoms with van der Waals surface area (Å²) in [6.07, 6.45) is 1.88. The van der Waals surface area contributed by atoms with Crippen LogP contribution in [0, 0.1) is 0 Å². The number of carbonyl (C=O) groups excluding carboxylic acids is 1. The summed E-state index contributed by atoms with van der Waals surface area (Å²) < 4.78 is 26.2. The van der Waals surface area contributed by atoms with Crippen LogP contribution in [0.15, 0.2) is 0 Å². The van der Waals surface area contributed by atoms with Gasteiger partial charge >= 0.3 is 11.8 Å². The first-order valence-electron chi connectivity index (χ1n) is 4.64. The van der Waals surface area contributed by atoms with Crippen molar-refractivity contribution in [2.75, 3.05) is 13.1 Å². The van der Waals surface area contributed by atoms with Gasteiger partial charge < -0.3 is 0 Å². The molecule has 0 heterocycles. The first-order chi connectivity index (χ1) is 6.51. The number of hydrazine groups is 1. The van der Waals surface area contributed by atoms with Crippen molar-refractivity contribution < 1.29 is 13.6 Å². The second kappa shape index (κ2) is 4.18. The van der Waals surface area contributed by atoms with Crippen LogP contribution in [0.4, 0.5) is 8.78 Å². The molecule has 0 aromatic heterocycles. The Morgan fingerprint density at radius 3 is 2.57 bits per heavy atom. The topological polar surface area (TPSA) is 58.4 Å². The van der Waals surface area contributed by atoms with E-state index in [0.717, 1.165) is 12.8 Å². The Kier molecular flexibility index (Phi) is 3.38. The molecule has 1 fully saturated rings. The minimum absolute atomic E-state index is 0.219. The molecular formula is C8H15F2N3O. The molecule has 1 aliphatic rings. The fourth-order valence-electron chi connectivity index (χ4n) is 1.37. The lowest BCUT2D eigenvalue weighted by Crippen LogP contribution is -2.50.